The summed E-state index contributed by atoms with van der Waals surface area (Å²) in [5.41, 5.74) is 0.194. The van der Waals surface area contributed by atoms with Crippen LogP contribution in [0.5, 0.6) is 5.75 Å². The van der Waals surface area contributed by atoms with Gasteiger partial charge in [0.1, 0.15) is 18.1 Å². The Morgan fingerprint density at radius 1 is 1.23 bits per heavy atom. The molecule has 26 heavy (non-hydrogen) atoms. The van der Waals surface area contributed by atoms with Crippen molar-refractivity contribution in [1.82, 2.24) is 0 Å². The normalized spacial score (nSPS) is 18.8. The zero-order valence-electron chi connectivity index (χ0n) is 14.7. The first-order chi connectivity index (χ1) is 12.3. The molecule has 2 aromatic carbocycles. The number of halogens is 1. The molecule has 0 fully saturated rings. The number of ether oxygens (including phenoxy) is 1. The Bertz CT molecular complexity index is 849. The summed E-state index contributed by atoms with van der Waals surface area (Å²) in [5, 5.41) is 11.6. The molecule has 0 saturated carbocycles. The number of ketones is 1. The molecular formula is C20H20ClNO4. The first-order valence-corrected chi connectivity index (χ1v) is 8.72. The van der Waals surface area contributed by atoms with Gasteiger partial charge in [-0.2, -0.15) is 0 Å². The average molecular weight is 374 g/mol. The highest BCUT2D eigenvalue weighted by Crippen LogP contribution is 2.42. The van der Waals surface area contributed by atoms with Crippen molar-refractivity contribution in [2.75, 3.05) is 18.1 Å². The van der Waals surface area contributed by atoms with Gasteiger partial charge >= 0.3 is 0 Å². The van der Waals surface area contributed by atoms with Crippen LogP contribution in [0, 0.1) is 6.92 Å². The van der Waals surface area contributed by atoms with Crippen LogP contribution >= 0.6 is 11.6 Å². The zero-order chi connectivity index (χ0) is 18.9. The minimum atomic E-state index is -1.81. The van der Waals surface area contributed by atoms with Crippen LogP contribution in [0.2, 0.25) is 5.02 Å². The molecule has 1 N–H and O–H groups in total. The van der Waals surface area contributed by atoms with Crippen LogP contribution in [0.15, 0.2) is 42.5 Å². The fourth-order valence-electron chi connectivity index (χ4n) is 3.20. The number of fused-ring (bicyclic) bond motifs is 1. The SMILES string of the molecule is CC(=O)CC1(O)C(=O)N(CCOc2ccc(Cl)cc2)c2ccc(C)cc21. The first kappa shape index (κ1) is 18.4. The minimum Gasteiger partial charge on any atom is -0.492 e. The van der Waals surface area contributed by atoms with E-state index in [2.05, 4.69) is 0 Å². The van der Waals surface area contributed by atoms with Crippen molar-refractivity contribution in [2.45, 2.75) is 25.9 Å². The molecule has 1 atom stereocenters. The van der Waals surface area contributed by atoms with E-state index in [-0.39, 0.29) is 25.4 Å². The maximum atomic E-state index is 12.9. The van der Waals surface area contributed by atoms with Gasteiger partial charge in [-0.1, -0.05) is 29.3 Å². The molecule has 0 bridgehead atoms. The predicted molar refractivity (Wildman–Crippen MR) is 99.7 cm³/mol. The molecule has 1 aliphatic heterocycles. The Morgan fingerprint density at radius 3 is 2.58 bits per heavy atom. The Kier molecular flexibility index (Phi) is 5.03. The second-order valence-corrected chi connectivity index (χ2v) is 6.96. The van der Waals surface area contributed by atoms with E-state index in [1.54, 1.807) is 36.4 Å². The fourth-order valence-corrected chi connectivity index (χ4v) is 3.33. The summed E-state index contributed by atoms with van der Waals surface area (Å²) in [7, 11) is 0. The Balaban J connectivity index is 1.80. The predicted octanol–water partition coefficient (Wildman–Crippen LogP) is 3.24. The number of aryl methyl sites for hydroxylation is 1. The van der Waals surface area contributed by atoms with Crippen LogP contribution in [0.25, 0.3) is 0 Å². The lowest BCUT2D eigenvalue weighted by Crippen LogP contribution is -2.43. The van der Waals surface area contributed by atoms with Gasteiger partial charge in [0.15, 0.2) is 5.60 Å². The molecule has 6 heteroatoms. The van der Waals surface area contributed by atoms with Crippen LogP contribution in [0.4, 0.5) is 5.69 Å². The molecule has 5 nitrogen and oxygen atoms in total. The third kappa shape index (κ3) is 3.45. The third-order valence-corrected chi connectivity index (χ3v) is 4.64. The van der Waals surface area contributed by atoms with Crippen molar-refractivity contribution in [3.8, 4) is 5.75 Å². The van der Waals surface area contributed by atoms with Crippen molar-refractivity contribution < 1.29 is 19.4 Å². The standard InChI is InChI=1S/C20H20ClNO4/c1-13-3-8-18-17(11-13)20(25,12-14(2)23)19(24)22(18)9-10-26-16-6-4-15(21)5-7-16/h3-8,11,25H,9-10,12H2,1-2H3. The van der Waals surface area contributed by atoms with E-state index in [1.807, 2.05) is 13.0 Å². The number of amides is 1. The third-order valence-electron chi connectivity index (χ3n) is 4.39. The molecule has 0 aliphatic carbocycles. The lowest BCUT2D eigenvalue weighted by molar-refractivity contribution is -0.141. The summed E-state index contributed by atoms with van der Waals surface area (Å²) in [6.07, 6.45) is -0.239. The molecule has 136 valence electrons. The molecule has 2 aromatic rings. The van der Waals surface area contributed by atoms with Crippen molar-refractivity contribution in [2.24, 2.45) is 0 Å². The number of anilines is 1. The summed E-state index contributed by atoms with van der Waals surface area (Å²) < 4.78 is 5.66. The Labute approximate surface area is 157 Å². The largest absolute Gasteiger partial charge is 0.492 e. The van der Waals surface area contributed by atoms with E-state index in [0.29, 0.717) is 22.0 Å². The molecule has 1 unspecified atom stereocenters. The number of carbonyl (C=O) groups is 2. The monoisotopic (exact) mass is 373 g/mol. The summed E-state index contributed by atoms with van der Waals surface area (Å²) in [6, 6.07) is 12.4. The van der Waals surface area contributed by atoms with E-state index in [4.69, 9.17) is 16.3 Å². The number of nitrogens with zero attached hydrogens (tertiary/aromatic N) is 1. The van der Waals surface area contributed by atoms with Crippen molar-refractivity contribution in [3.63, 3.8) is 0 Å². The van der Waals surface area contributed by atoms with Crippen LogP contribution in [0.1, 0.15) is 24.5 Å². The lowest BCUT2D eigenvalue weighted by Gasteiger charge is -2.22. The number of carbonyl (C=O) groups excluding carboxylic acids is 2. The van der Waals surface area contributed by atoms with Gasteiger partial charge in [0.25, 0.3) is 5.91 Å². The van der Waals surface area contributed by atoms with Crippen molar-refractivity contribution in [3.05, 3.63) is 58.6 Å². The summed E-state index contributed by atoms with van der Waals surface area (Å²) >= 11 is 5.85. The second-order valence-electron chi connectivity index (χ2n) is 6.52. The van der Waals surface area contributed by atoms with Crippen LogP contribution in [-0.4, -0.2) is 29.9 Å². The summed E-state index contributed by atoms with van der Waals surface area (Å²) in [6.45, 7) is 3.76. The van der Waals surface area contributed by atoms with E-state index < -0.39 is 11.5 Å². The van der Waals surface area contributed by atoms with Gasteiger partial charge in [0.05, 0.1) is 12.2 Å². The van der Waals surface area contributed by atoms with Gasteiger partial charge in [-0.3, -0.25) is 9.59 Å². The Morgan fingerprint density at radius 2 is 1.92 bits per heavy atom. The molecule has 1 amide bonds. The molecule has 0 saturated heterocycles. The maximum absolute atomic E-state index is 12.9. The number of rotatable bonds is 6. The molecule has 0 aromatic heterocycles. The zero-order valence-corrected chi connectivity index (χ0v) is 15.4. The van der Waals surface area contributed by atoms with Gasteiger partial charge in [-0.05, 0) is 44.2 Å². The number of hydrogen-bond donors (Lipinski definition) is 1. The van der Waals surface area contributed by atoms with E-state index >= 15 is 0 Å². The molecule has 0 spiro atoms. The summed E-state index contributed by atoms with van der Waals surface area (Å²) in [4.78, 5) is 26.0. The first-order valence-electron chi connectivity index (χ1n) is 8.34. The van der Waals surface area contributed by atoms with Gasteiger partial charge in [-0.25, -0.2) is 0 Å². The van der Waals surface area contributed by atoms with E-state index in [0.717, 1.165) is 5.56 Å². The minimum absolute atomic E-state index is 0.239. The number of hydrogen-bond acceptors (Lipinski definition) is 4. The molecular weight excluding hydrogens is 354 g/mol. The molecule has 3 rings (SSSR count). The lowest BCUT2D eigenvalue weighted by atomic mass is 9.89. The Hall–Kier alpha value is -2.37. The van der Waals surface area contributed by atoms with Gasteiger partial charge in [-0.15, -0.1) is 0 Å². The molecule has 0 radical (unpaired) electrons. The van der Waals surface area contributed by atoms with Crippen LogP contribution in [0.3, 0.4) is 0 Å². The maximum Gasteiger partial charge on any atom is 0.264 e. The van der Waals surface area contributed by atoms with Gasteiger partial charge in [0, 0.05) is 17.0 Å². The van der Waals surface area contributed by atoms with E-state index in [1.165, 1.54) is 11.8 Å². The smallest absolute Gasteiger partial charge is 0.264 e. The highest BCUT2D eigenvalue weighted by molar-refractivity contribution is 6.30. The number of Topliss-reactive ketones (excluding diaryl/α,β-unsaturated/α-hetero) is 1. The highest BCUT2D eigenvalue weighted by Gasteiger charge is 2.50. The summed E-state index contributed by atoms with van der Waals surface area (Å²) in [5.74, 6) is -0.0928. The fraction of sp³-hybridized carbons (Fsp3) is 0.300. The molecule has 1 aliphatic rings. The number of aliphatic hydroxyl groups is 1. The van der Waals surface area contributed by atoms with Crippen molar-refractivity contribution in [1.29, 1.82) is 0 Å². The van der Waals surface area contributed by atoms with Crippen molar-refractivity contribution >= 4 is 29.0 Å². The second kappa shape index (κ2) is 7.09. The van der Waals surface area contributed by atoms with E-state index in [9.17, 15) is 14.7 Å². The van der Waals surface area contributed by atoms with Crippen LogP contribution in [-0.2, 0) is 15.2 Å². The quantitative estimate of drug-likeness (QED) is 0.844. The van der Waals surface area contributed by atoms with Gasteiger partial charge < -0.3 is 14.7 Å². The number of benzene rings is 2. The molecule has 1 heterocycles. The highest BCUT2D eigenvalue weighted by atomic mass is 35.5. The topological polar surface area (TPSA) is 66.8 Å². The van der Waals surface area contributed by atoms with Gasteiger partial charge in [0.2, 0.25) is 0 Å². The van der Waals surface area contributed by atoms with Crippen LogP contribution < -0.4 is 9.64 Å². The average Bonchev–Trinajstić information content (AvgIpc) is 2.77.